The summed E-state index contributed by atoms with van der Waals surface area (Å²) >= 11 is 0. The maximum absolute atomic E-state index is 11.9. The molecule has 0 saturated heterocycles. The van der Waals surface area contributed by atoms with E-state index in [1.807, 2.05) is 0 Å². The van der Waals surface area contributed by atoms with E-state index in [9.17, 15) is 4.79 Å². The number of hydrogen-bond donors (Lipinski definition) is 2. The third-order valence-corrected chi connectivity index (χ3v) is 3.89. The predicted octanol–water partition coefficient (Wildman–Crippen LogP) is 2.44. The lowest BCUT2D eigenvalue weighted by molar-refractivity contribution is -0.123. The maximum atomic E-state index is 11.9. The Morgan fingerprint density at radius 1 is 1.41 bits per heavy atom. The van der Waals surface area contributed by atoms with Gasteiger partial charge in [-0.3, -0.25) is 4.79 Å². The minimum Gasteiger partial charge on any atom is -0.353 e. The summed E-state index contributed by atoms with van der Waals surface area (Å²) in [6, 6.07) is 0.633. The monoisotopic (exact) mass is 240 g/mol. The van der Waals surface area contributed by atoms with E-state index in [-0.39, 0.29) is 5.91 Å². The van der Waals surface area contributed by atoms with E-state index in [0.29, 0.717) is 30.3 Å². The molecule has 0 aromatic rings. The summed E-state index contributed by atoms with van der Waals surface area (Å²) < 4.78 is 0. The highest BCUT2D eigenvalue weighted by Gasteiger charge is 2.23. The molecule has 0 spiro atoms. The van der Waals surface area contributed by atoms with Crippen LogP contribution >= 0.6 is 0 Å². The molecule has 1 saturated carbocycles. The lowest BCUT2D eigenvalue weighted by Gasteiger charge is -2.27. The minimum atomic E-state index is 0.213. The molecular formula is C14H28N2O. The first-order chi connectivity index (χ1) is 8.02. The van der Waals surface area contributed by atoms with E-state index >= 15 is 0 Å². The lowest BCUT2D eigenvalue weighted by Crippen LogP contribution is -2.39. The fourth-order valence-corrected chi connectivity index (χ4v) is 2.79. The summed E-state index contributed by atoms with van der Waals surface area (Å²) in [5.74, 6) is 1.23. The fraction of sp³-hybridized carbons (Fsp3) is 0.929. The van der Waals surface area contributed by atoms with Crippen LogP contribution in [-0.2, 0) is 4.79 Å². The van der Waals surface area contributed by atoms with Gasteiger partial charge in [0.05, 0.1) is 0 Å². The number of carbonyl (C=O) groups is 1. The average molecular weight is 240 g/mol. The third-order valence-electron chi connectivity index (χ3n) is 3.89. The molecule has 3 nitrogen and oxygen atoms in total. The van der Waals surface area contributed by atoms with Crippen LogP contribution in [0.5, 0.6) is 0 Å². The largest absolute Gasteiger partial charge is 0.353 e. The Morgan fingerprint density at radius 3 is 2.65 bits per heavy atom. The van der Waals surface area contributed by atoms with E-state index < -0.39 is 0 Å². The van der Waals surface area contributed by atoms with Gasteiger partial charge in [-0.2, -0.15) is 0 Å². The molecule has 0 heterocycles. The molecule has 0 aromatic heterocycles. The van der Waals surface area contributed by atoms with Crippen molar-refractivity contribution in [1.82, 2.24) is 5.32 Å². The van der Waals surface area contributed by atoms with Crippen LogP contribution in [0.1, 0.15) is 59.3 Å². The average Bonchev–Trinajstić information content (AvgIpc) is 2.25. The van der Waals surface area contributed by atoms with Gasteiger partial charge in [0, 0.05) is 18.5 Å². The van der Waals surface area contributed by atoms with Crippen LogP contribution in [0.2, 0.25) is 0 Å². The Hall–Kier alpha value is -0.570. The number of amides is 1. The molecule has 3 unspecified atom stereocenters. The van der Waals surface area contributed by atoms with Gasteiger partial charge >= 0.3 is 0 Å². The van der Waals surface area contributed by atoms with Crippen molar-refractivity contribution >= 4 is 5.91 Å². The number of nitrogens with one attached hydrogen (secondary N) is 1. The van der Waals surface area contributed by atoms with Crippen LogP contribution < -0.4 is 11.1 Å². The Bertz CT molecular complexity index is 240. The van der Waals surface area contributed by atoms with Crippen molar-refractivity contribution in [3.8, 4) is 0 Å². The van der Waals surface area contributed by atoms with Crippen molar-refractivity contribution in [1.29, 1.82) is 0 Å². The third kappa shape index (κ3) is 5.07. The van der Waals surface area contributed by atoms with Gasteiger partial charge in [-0.1, -0.05) is 27.2 Å². The normalized spacial score (nSPS) is 26.9. The number of rotatable bonds is 5. The molecule has 1 fully saturated rings. The van der Waals surface area contributed by atoms with Gasteiger partial charge < -0.3 is 11.1 Å². The van der Waals surface area contributed by atoms with Crippen LogP contribution in [0, 0.1) is 11.8 Å². The molecule has 3 atom stereocenters. The van der Waals surface area contributed by atoms with Gasteiger partial charge in [-0.25, -0.2) is 0 Å². The Labute approximate surface area is 106 Å². The lowest BCUT2D eigenvalue weighted by atomic mass is 9.84. The molecule has 0 radical (unpaired) electrons. The molecule has 1 aliphatic carbocycles. The van der Waals surface area contributed by atoms with E-state index in [0.717, 1.165) is 19.3 Å². The van der Waals surface area contributed by atoms with Crippen LogP contribution in [0.4, 0.5) is 0 Å². The van der Waals surface area contributed by atoms with E-state index in [1.54, 1.807) is 0 Å². The Balaban J connectivity index is 2.33. The topological polar surface area (TPSA) is 55.1 Å². The van der Waals surface area contributed by atoms with Crippen molar-refractivity contribution in [3.05, 3.63) is 0 Å². The summed E-state index contributed by atoms with van der Waals surface area (Å²) in [7, 11) is 0. The number of hydrogen-bond acceptors (Lipinski definition) is 2. The van der Waals surface area contributed by atoms with Gasteiger partial charge in [0.15, 0.2) is 0 Å². The second kappa shape index (κ2) is 7.00. The predicted molar refractivity (Wildman–Crippen MR) is 71.6 cm³/mol. The number of nitrogens with two attached hydrogens (primary N) is 1. The SMILES string of the molecule is CCC(NC(=O)CC1CCCC(N)C1)C(C)C. The zero-order valence-electron chi connectivity index (χ0n) is 11.5. The zero-order valence-corrected chi connectivity index (χ0v) is 11.5. The van der Waals surface area contributed by atoms with Crippen molar-refractivity contribution < 1.29 is 4.79 Å². The number of carbonyl (C=O) groups excluding carboxylic acids is 1. The smallest absolute Gasteiger partial charge is 0.220 e. The maximum Gasteiger partial charge on any atom is 0.220 e. The first-order valence-electron chi connectivity index (χ1n) is 7.07. The zero-order chi connectivity index (χ0) is 12.8. The molecule has 1 aliphatic rings. The van der Waals surface area contributed by atoms with Crippen LogP contribution in [0.25, 0.3) is 0 Å². The molecule has 3 N–H and O–H groups in total. The second-order valence-electron chi connectivity index (χ2n) is 5.82. The van der Waals surface area contributed by atoms with Gasteiger partial charge in [0.2, 0.25) is 5.91 Å². The molecule has 1 rings (SSSR count). The standard InChI is InChI=1S/C14H28N2O/c1-4-13(10(2)3)16-14(17)9-11-6-5-7-12(15)8-11/h10-13H,4-9,15H2,1-3H3,(H,16,17). The summed E-state index contributed by atoms with van der Waals surface area (Å²) in [5, 5.41) is 3.15. The van der Waals surface area contributed by atoms with E-state index in [1.165, 1.54) is 12.8 Å². The van der Waals surface area contributed by atoms with Gasteiger partial charge in [0.25, 0.3) is 0 Å². The summed E-state index contributed by atoms with van der Waals surface area (Å²) in [5.41, 5.74) is 5.94. The van der Waals surface area contributed by atoms with Gasteiger partial charge in [0.1, 0.15) is 0 Å². The van der Waals surface area contributed by atoms with Crippen LogP contribution in [0.15, 0.2) is 0 Å². The summed E-state index contributed by atoms with van der Waals surface area (Å²) in [6.07, 6.45) is 6.16. The summed E-state index contributed by atoms with van der Waals surface area (Å²) in [6.45, 7) is 6.44. The van der Waals surface area contributed by atoms with Gasteiger partial charge in [-0.05, 0) is 37.5 Å². The Kier molecular flexibility index (Phi) is 5.96. The fourth-order valence-electron chi connectivity index (χ4n) is 2.79. The van der Waals surface area contributed by atoms with E-state index in [2.05, 4.69) is 26.1 Å². The molecule has 0 bridgehead atoms. The highest BCUT2D eigenvalue weighted by molar-refractivity contribution is 5.76. The van der Waals surface area contributed by atoms with Crippen LogP contribution in [0.3, 0.4) is 0 Å². The molecular weight excluding hydrogens is 212 g/mol. The summed E-state index contributed by atoms with van der Waals surface area (Å²) in [4.78, 5) is 11.9. The van der Waals surface area contributed by atoms with Gasteiger partial charge in [-0.15, -0.1) is 0 Å². The highest BCUT2D eigenvalue weighted by atomic mass is 16.1. The molecule has 0 aromatic carbocycles. The first-order valence-corrected chi connectivity index (χ1v) is 7.07. The highest BCUT2D eigenvalue weighted by Crippen LogP contribution is 2.25. The first kappa shape index (κ1) is 14.5. The van der Waals surface area contributed by atoms with Crippen molar-refractivity contribution in [2.24, 2.45) is 17.6 Å². The van der Waals surface area contributed by atoms with E-state index in [4.69, 9.17) is 5.73 Å². The Morgan fingerprint density at radius 2 is 2.12 bits per heavy atom. The van der Waals surface area contributed by atoms with Crippen molar-refractivity contribution in [2.45, 2.75) is 71.4 Å². The minimum absolute atomic E-state index is 0.213. The molecule has 0 aliphatic heterocycles. The van der Waals surface area contributed by atoms with Crippen molar-refractivity contribution in [3.63, 3.8) is 0 Å². The van der Waals surface area contributed by atoms with Crippen molar-refractivity contribution in [2.75, 3.05) is 0 Å². The molecule has 3 heteroatoms. The molecule has 17 heavy (non-hydrogen) atoms. The second-order valence-corrected chi connectivity index (χ2v) is 5.82. The molecule has 1 amide bonds. The van der Waals surface area contributed by atoms with Crippen LogP contribution in [-0.4, -0.2) is 18.0 Å². The molecule has 100 valence electrons. The quantitative estimate of drug-likeness (QED) is 0.775.